The summed E-state index contributed by atoms with van der Waals surface area (Å²) in [5, 5.41) is 1.69. The van der Waals surface area contributed by atoms with Crippen molar-refractivity contribution in [1.82, 2.24) is 4.90 Å². The predicted molar refractivity (Wildman–Crippen MR) is 83.0 cm³/mol. The highest BCUT2D eigenvalue weighted by Crippen LogP contribution is 2.30. The van der Waals surface area contributed by atoms with E-state index in [1.807, 2.05) is 12.1 Å². The number of halogens is 2. The van der Waals surface area contributed by atoms with Crippen LogP contribution in [0.25, 0.3) is 0 Å². The fourth-order valence-corrected chi connectivity index (χ4v) is 3.30. The molecule has 0 spiro atoms. The number of likely N-dealkylation sites (tertiary alicyclic amines) is 1. The SMILES string of the molecule is CN(CCN1CCCC1)c1c(Cl)cccc1CBr. The average Bonchev–Trinajstić information content (AvgIpc) is 2.88. The summed E-state index contributed by atoms with van der Waals surface area (Å²) in [5.74, 6) is 0. The van der Waals surface area contributed by atoms with E-state index >= 15 is 0 Å². The van der Waals surface area contributed by atoms with Crippen LogP contribution in [-0.2, 0) is 5.33 Å². The van der Waals surface area contributed by atoms with Gasteiger partial charge in [-0.05, 0) is 37.6 Å². The Kier molecular flexibility index (Phi) is 5.34. The Labute approximate surface area is 123 Å². The Morgan fingerprint density at radius 1 is 1.33 bits per heavy atom. The zero-order valence-electron chi connectivity index (χ0n) is 10.8. The maximum absolute atomic E-state index is 6.32. The third kappa shape index (κ3) is 3.40. The highest BCUT2D eigenvalue weighted by Gasteiger charge is 2.14. The number of rotatable bonds is 5. The molecule has 0 saturated carbocycles. The quantitative estimate of drug-likeness (QED) is 0.758. The van der Waals surface area contributed by atoms with Gasteiger partial charge in [0.25, 0.3) is 0 Å². The molecule has 0 amide bonds. The number of likely N-dealkylation sites (N-methyl/N-ethyl adjacent to an activating group) is 1. The van der Waals surface area contributed by atoms with E-state index < -0.39 is 0 Å². The number of hydrogen-bond donors (Lipinski definition) is 0. The summed E-state index contributed by atoms with van der Waals surface area (Å²) in [4.78, 5) is 4.80. The summed E-state index contributed by atoms with van der Waals surface area (Å²) in [7, 11) is 2.13. The van der Waals surface area contributed by atoms with Crippen LogP contribution in [0, 0.1) is 0 Å². The molecule has 0 radical (unpaired) electrons. The van der Waals surface area contributed by atoms with Gasteiger partial charge < -0.3 is 9.80 Å². The smallest absolute Gasteiger partial charge is 0.0642 e. The zero-order valence-corrected chi connectivity index (χ0v) is 13.2. The Bertz CT molecular complexity index is 391. The van der Waals surface area contributed by atoms with Gasteiger partial charge in [-0.15, -0.1) is 0 Å². The van der Waals surface area contributed by atoms with Gasteiger partial charge in [-0.25, -0.2) is 0 Å². The van der Waals surface area contributed by atoms with E-state index in [4.69, 9.17) is 11.6 Å². The molecule has 0 bridgehead atoms. The fourth-order valence-electron chi connectivity index (χ4n) is 2.50. The van der Waals surface area contributed by atoms with E-state index in [9.17, 15) is 0 Å². The number of hydrogen-bond acceptors (Lipinski definition) is 2. The molecular weight excluding hydrogens is 312 g/mol. The summed E-state index contributed by atoms with van der Waals surface area (Å²) in [6, 6.07) is 6.11. The second-order valence-corrected chi connectivity index (χ2v) is 5.82. The summed E-state index contributed by atoms with van der Waals surface area (Å²) in [6.07, 6.45) is 2.70. The predicted octanol–water partition coefficient (Wildman–Crippen LogP) is 3.77. The minimum absolute atomic E-state index is 0.843. The van der Waals surface area contributed by atoms with Gasteiger partial charge in [-0.3, -0.25) is 0 Å². The fraction of sp³-hybridized carbons (Fsp3) is 0.571. The first kappa shape index (κ1) is 14.2. The summed E-state index contributed by atoms with van der Waals surface area (Å²) >= 11 is 9.85. The van der Waals surface area contributed by atoms with Crippen molar-refractivity contribution in [2.45, 2.75) is 18.2 Å². The second-order valence-electron chi connectivity index (χ2n) is 4.85. The van der Waals surface area contributed by atoms with Gasteiger partial charge in [0.05, 0.1) is 10.7 Å². The van der Waals surface area contributed by atoms with E-state index in [0.717, 1.165) is 29.1 Å². The first-order valence-corrected chi connectivity index (χ1v) is 7.99. The van der Waals surface area contributed by atoms with Crippen LogP contribution < -0.4 is 4.90 Å². The maximum atomic E-state index is 6.32. The molecule has 2 rings (SSSR count). The number of anilines is 1. The van der Waals surface area contributed by atoms with Crippen molar-refractivity contribution in [3.05, 3.63) is 28.8 Å². The van der Waals surface area contributed by atoms with Gasteiger partial charge in [-0.2, -0.15) is 0 Å². The van der Waals surface area contributed by atoms with Crippen LogP contribution in [0.2, 0.25) is 5.02 Å². The molecule has 1 heterocycles. The van der Waals surface area contributed by atoms with Crippen molar-refractivity contribution in [1.29, 1.82) is 0 Å². The molecule has 1 saturated heterocycles. The zero-order chi connectivity index (χ0) is 13.0. The minimum Gasteiger partial charge on any atom is -0.372 e. The van der Waals surface area contributed by atoms with Crippen molar-refractivity contribution < 1.29 is 0 Å². The van der Waals surface area contributed by atoms with Crippen LogP contribution >= 0.6 is 27.5 Å². The minimum atomic E-state index is 0.843. The number of benzene rings is 1. The largest absolute Gasteiger partial charge is 0.372 e. The average molecular weight is 332 g/mol. The van der Waals surface area contributed by atoms with Crippen molar-refractivity contribution in [3.63, 3.8) is 0 Å². The molecule has 18 heavy (non-hydrogen) atoms. The normalized spacial score (nSPS) is 16.2. The van der Waals surface area contributed by atoms with Crippen molar-refractivity contribution in [3.8, 4) is 0 Å². The van der Waals surface area contributed by atoms with E-state index in [1.54, 1.807) is 0 Å². The molecular formula is C14H20BrClN2. The lowest BCUT2D eigenvalue weighted by Gasteiger charge is -2.25. The van der Waals surface area contributed by atoms with Crippen LogP contribution in [0.3, 0.4) is 0 Å². The number of para-hydroxylation sites is 1. The van der Waals surface area contributed by atoms with E-state index in [0.29, 0.717) is 0 Å². The van der Waals surface area contributed by atoms with Gasteiger partial charge in [-0.1, -0.05) is 39.7 Å². The molecule has 1 aromatic rings. The molecule has 0 unspecified atom stereocenters. The van der Waals surface area contributed by atoms with Crippen molar-refractivity contribution in [2.24, 2.45) is 0 Å². The van der Waals surface area contributed by atoms with Gasteiger partial charge in [0, 0.05) is 25.5 Å². The van der Waals surface area contributed by atoms with Gasteiger partial charge in [0.15, 0.2) is 0 Å². The molecule has 100 valence electrons. The van der Waals surface area contributed by atoms with E-state index in [2.05, 4.69) is 38.8 Å². The van der Waals surface area contributed by atoms with Crippen LogP contribution in [0.1, 0.15) is 18.4 Å². The Hall–Kier alpha value is -0.250. The maximum Gasteiger partial charge on any atom is 0.0642 e. The lowest BCUT2D eigenvalue weighted by molar-refractivity contribution is 0.346. The van der Waals surface area contributed by atoms with Crippen LogP contribution in [0.5, 0.6) is 0 Å². The van der Waals surface area contributed by atoms with Crippen molar-refractivity contribution >= 4 is 33.2 Å². The van der Waals surface area contributed by atoms with Crippen LogP contribution in [-0.4, -0.2) is 38.1 Å². The van der Waals surface area contributed by atoms with Gasteiger partial charge >= 0.3 is 0 Å². The third-order valence-corrected chi connectivity index (χ3v) is 4.46. The number of nitrogens with zero attached hydrogens (tertiary/aromatic N) is 2. The van der Waals surface area contributed by atoms with Gasteiger partial charge in [0.1, 0.15) is 0 Å². The first-order chi connectivity index (χ1) is 8.72. The summed E-state index contributed by atoms with van der Waals surface area (Å²) in [6.45, 7) is 4.66. The van der Waals surface area contributed by atoms with Crippen LogP contribution in [0.15, 0.2) is 18.2 Å². The Morgan fingerprint density at radius 3 is 2.72 bits per heavy atom. The molecule has 1 aliphatic heterocycles. The lowest BCUT2D eigenvalue weighted by Crippen LogP contribution is -2.31. The molecule has 0 N–H and O–H groups in total. The van der Waals surface area contributed by atoms with Crippen LogP contribution in [0.4, 0.5) is 5.69 Å². The molecule has 0 aromatic heterocycles. The molecule has 0 atom stereocenters. The standard InChI is InChI=1S/C14H20BrClN2/c1-17(9-10-18-7-2-3-8-18)14-12(11-15)5-4-6-13(14)16/h4-6H,2-3,7-11H2,1H3. The first-order valence-electron chi connectivity index (χ1n) is 6.49. The monoisotopic (exact) mass is 330 g/mol. The van der Waals surface area contributed by atoms with E-state index in [1.165, 1.54) is 31.5 Å². The molecule has 1 aliphatic rings. The number of alkyl halides is 1. The van der Waals surface area contributed by atoms with E-state index in [-0.39, 0.29) is 0 Å². The topological polar surface area (TPSA) is 6.48 Å². The molecule has 1 aromatic carbocycles. The summed E-state index contributed by atoms with van der Waals surface area (Å²) < 4.78 is 0. The Morgan fingerprint density at radius 2 is 2.06 bits per heavy atom. The second kappa shape index (κ2) is 6.78. The molecule has 0 aliphatic carbocycles. The lowest BCUT2D eigenvalue weighted by atomic mass is 10.2. The van der Waals surface area contributed by atoms with Gasteiger partial charge in [0.2, 0.25) is 0 Å². The van der Waals surface area contributed by atoms with Crippen molar-refractivity contribution in [2.75, 3.05) is 38.1 Å². The third-order valence-electron chi connectivity index (χ3n) is 3.55. The highest BCUT2D eigenvalue weighted by atomic mass is 79.9. The molecule has 2 nitrogen and oxygen atoms in total. The summed E-state index contributed by atoms with van der Waals surface area (Å²) in [5.41, 5.74) is 2.42. The molecule has 1 fully saturated rings. The highest BCUT2D eigenvalue weighted by molar-refractivity contribution is 9.08. The Balaban J connectivity index is 2.01. The molecule has 4 heteroatoms.